The van der Waals surface area contributed by atoms with E-state index in [1.54, 1.807) is 6.07 Å². The zero-order valence-electron chi connectivity index (χ0n) is 20.2. The van der Waals surface area contributed by atoms with Gasteiger partial charge in [0.2, 0.25) is 0 Å². The van der Waals surface area contributed by atoms with Gasteiger partial charge in [0.15, 0.2) is 12.4 Å². The third-order valence-corrected chi connectivity index (χ3v) is 5.78. The molecule has 0 spiro atoms. The van der Waals surface area contributed by atoms with E-state index >= 15 is 0 Å². The molecule has 0 unspecified atom stereocenters. The number of carbonyl (C=O) groups excluding carboxylic acids is 3. The number of nitrogens with one attached hydrogen (secondary N) is 2. The third-order valence-electron chi connectivity index (χ3n) is 5.78. The molecule has 0 saturated carbocycles. The summed E-state index contributed by atoms with van der Waals surface area (Å²) in [5.41, 5.74) is 2.84. The molecule has 7 nitrogen and oxygen atoms in total. The van der Waals surface area contributed by atoms with Crippen LogP contribution in [-0.2, 0) is 27.2 Å². The molecule has 4 aromatic rings. The van der Waals surface area contributed by atoms with Gasteiger partial charge in [-0.1, -0.05) is 91.0 Å². The summed E-state index contributed by atoms with van der Waals surface area (Å²) in [4.78, 5) is 38.3. The molecule has 188 valence electrons. The maximum Gasteiger partial charge on any atom is 0.329 e. The van der Waals surface area contributed by atoms with Gasteiger partial charge in [-0.25, -0.2) is 4.79 Å². The van der Waals surface area contributed by atoms with E-state index in [4.69, 9.17) is 9.15 Å². The summed E-state index contributed by atoms with van der Waals surface area (Å²) >= 11 is 0. The van der Waals surface area contributed by atoms with Gasteiger partial charge in [-0.2, -0.15) is 0 Å². The maximum absolute atomic E-state index is 13.0. The van der Waals surface area contributed by atoms with Gasteiger partial charge in [-0.15, -0.1) is 0 Å². The standard InChI is InChI=1S/C30H28N2O5/c33-28(31-25(24-15-8-3-9-16-24)19-22-11-4-1-5-12-22)21-37-30(35)26(20-23-13-6-2-7-14-23)32-29(34)27-17-10-18-36-27/h1-18,25-26H,19-21H2,(H,31,33)(H,32,34)/t25-,26+/m1/s1. The average Bonchev–Trinajstić information content (AvgIpc) is 3.48. The van der Waals surface area contributed by atoms with Crippen LogP contribution in [0, 0.1) is 0 Å². The first kappa shape index (κ1) is 25.4. The molecular weight excluding hydrogens is 468 g/mol. The molecule has 0 radical (unpaired) electrons. The van der Waals surface area contributed by atoms with Gasteiger partial charge in [-0.3, -0.25) is 9.59 Å². The predicted molar refractivity (Wildman–Crippen MR) is 139 cm³/mol. The van der Waals surface area contributed by atoms with Gasteiger partial charge < -0.3 is 19.8 Å². The van der Waals surface area contributed by atoms with Crippen LogP contribution in [0.5, 0.6) is 0 Å². The number of benzene rings is 3. The topological polar surface area (TPSA) is 97.6 Å². The number of furan rings is 1. The molecule has 0 fully saturated rings. The Balaban J connectivity index is 1.40. The van der Waals surface area contributed by atoms with Crippen LogP contribution >= 0.6 is 0 Å². The molecule has 3 aromatic carbocycles. The largest absolute Gasteiger partial charge is 0.459 e. The van der Waals surface area contributed by atoms with Crippen molar-refractivity contribution in [2.75, 3.05) is 6.61 Å². The van der Waals surface area contributed by atoms with Gasteiger partial charge in [0.25, 0.3) is 11.8 Å². The Labute approximate surface area is 215 Å². The van der Waals surface area contributed by atoms with Crippen molar-refractivity contribution in [1.29, 1.82) is 0 Å². The second kappa shape index (κ2) is 12.9. The number of amides is 2. The highest BCUT2D eigenvalue weighted by molar-refractivity contribution is 5.94. The Bertz CT molecular complexity index is 1280. The number of esters is 1. The molecule has 2 amide bonds. The lowest BCUT2D eigenvalue weighted by atomic mass is 9.99. The number of hydrogen-bond donors (Lipinski definition) is 2. The van der Waals surface area contributed by atoms with Gasteiger partial charge >= 0.3 is 5.97 Å². The summed E-state index contributed by atoms with van der Waals surface area (Å²) in [5, 5.41) is 5.62. The number of hydrogen-bond acceptors (Lipinski definition) is 5. The third kappa shape index (κ3) is 7.67. The van der Waals surface area contributed by atoms with E-state index in [0.29, 0.717) is 6.42 Å². The summed E-state index contributed by atoms with van der Waals surface area (Å²) in [6, 6.07) is 30.5. The molecule has 4 rings (SSSR count). The molecule has 2 atom stereocenters. The minimum Gasteiger partial charge on any atom is -0.459 e. The quantitative estimate of drug-likeness (QED) is 0.302. The van der Waals surface area contributed by atoms with Gasteiger partial charge in [0.1, 0.15) is 6.04 Å². The molecule has 37 heavy (non-hydrogen) atoms. The van der Waals surface area contributed by atoms with Crippen molar-refractivity contribution >= 4 is 17.8 Å². The lowest BCUT2D eigenvalue weighted by Gasteiger charge is -2.21. The Morgan fingerprint density at radius 2 is 1.30 bits per heavy atom. The highest BCUT2D eigenvalue weighted by Crippen LogP contribution is 2.18. The Morgan fingerprint density at radius 3 is 1.89 bits per heavy atom. The van der Waals surface area contributed by atoms with E-state index in [1.165, 1.54) is 12.3 Å². The van der Waals surface area contributed by atoms with Crippen LogP contribution in [0.2, 0.25) is 0 Å². The monoisotopic (exact) mass is 496 g/mol. The number of carbonyl (C=O) groups is 3. The van der Waals surface area contributed by atoms with Gasteiger partial charge in [0.05, 0.1) is 12.3 Å². The average molecular weight is 497 g/mol. The second-order valence-corrected chi connectivity index (χ2v) is 8.52. The molecule has 0 aliphatic carbocycles. The summed E-state index contributed by atoms with van der Waals surface area (Å²) in [6.07, 6.45) is 2.16. The van der Waals surface area contributed by atoms with Crippen molar-refractivity contribution in [2.24, 2.45) is 0 Å². The van der Waals surface area contributed by atoms with E-state index in [-0.39, 0.29) is 18.2 Å². The van der Waals surface area contributed by atoms with Crippen molar-refractivity contribution in [1.82, 2.24) is 10.6 Å². The van der Waals surface area contributed by atoms with Crippen molar-refractivity contribution < 1.29 is 23.5 Å². The first-order chi connectivity index (χ1) is 18.1. The Kier molecular flexibility index (Phi) is 8.86. The van der Waals surface area contributed by atoms with Crippen molar-refractivity contribution in [3.05, 3.63) is 132 Å². The van der Waals surface area contributed by atoms with Crippen LogP contribution in [0.3, 0.4) is 0 Å². The normalized spacial score (nSPS) is 12.2. The van der Waals surface area contributed by atoms with Crippen molar-refractivity contribution in [2.45, 2.75) is 24.9 Å². The highest BCUT2D eigenvalue weighted by Gasteiger charge is 2.25. The van der Waals surface area contributed by atoms with Crippen LogP contribution in [0.25, 0.3) is 0 Å². The molecular formula is C30H28N2O5. The fraction of sp³-hybridized carbons (Fsp3) is 0.167. The molecule has 0 bridgehead atoms. The smallest absolute Gasteiger partial charge is 0.329 e. The molecule has 1 aromatic heterocycles. The molecule has 7 heteroatoms. The summed E-state index contributed by atoms with van der Waals surface area (Å²) < 4.78 is 10.5. The molecule has 2 N–H and O–H groups in total. The van der Waals surface area contributed by atoms with Crippen LogP contribution < -0.4 is 10.6 Å². The fourth-order valence-electron chi connectivity index (χ4n) is 3.94. The summed E-state index contributed by atoms with van der Waals surface area (Å²) in [6.45, 7) is -0.473. The van der Waals surface area contributed by atoms with Crippen molar-refractivity contribution in [3.63, 3.8) is 0 Å². The van der Waals surface area contributed by atoms with Gasteiger partial charge in [0, 0.05) is 6.42 Å². The summed E-state index contributed by atoms with van der Waals surface area (Å²) in [7, 11) is 0. The van der Waals surface area contributed by atoms with Crippen molar-refractivity contribution in [3.8, 4) is 0 Å². The zero-order chi connectivity index (χ0) is 25.9. The molecule has 1 heterocycles. The second-order valence-electron chi connectivity index (χ2n) is 8.52. The minimum absolute atomic E-state index is 0.0789. The van der Waals surface area contributed by atoms with E-state index in [0.717, 1.165) is 16.7 Å². The first-order valence-corrected chi connectivity index (χ1v) is 12.0. The molecule has 0 saturated heterocycles. The molecule has 0 aliphatic heterocycles. The lowest BCUT2D eigenvalue weighted by Crippen LogP contribution is -2.44. The van der Waals surface area contributed by atoms with Gasteiger partial charge in [-0.05, 0) is 35.2 Å². The van der Waals surface area contributed by atoms with E-state index in [1.807, 2.05) is 91.0 Å². The SMILES string of the molecule is O=C(COC(=O)[C@H](Cc1ccccc1)NC(=O)c1ccco1)N[C@H](Cc1ccccc1)c1ccccc1. The predicted octanol–water partition coefficient (Wildman–Crippen LogP) is 4.26. The fourth-order valence-corrected chi connectivity index (χ4v) is 3.94. The van der Waals surface area contributed by atoms with E-state index in [2.05, 4.69) is 10.6 Å². The minimum atomic E-state index is -0.998. The number of ether oxygens (including phenoxy) is 1. The van der Waals surface area contributed by atoms with Crippen LogP contribution in [0.4, 0.5) is 0 Å². The van der Waals surface area contributed by atoms with Crippen LogP contribution in [0.15, 0.2) is 114 Å². The van der Waals surface area contributed by atoms with E-state index < -0.39 is 30.4 Å². The highest BCUT2D eigenvalue weighted by atomic mass is 16.5. The van der Waals surface area contributed by atoms with E-state index in [9.17, 15) is 14.4 Å². The maximum atomic E-state index is 13.0. The first-order valence-electron chi connectivity index (χ1n) is 12.0. The molecule has 0 aliphatic rings. The summed E-state index contributed by atoms with van der Waals surface area (Å²) in [5.74, 6) is -1.61. The Morgan fingerprint density at radius 1 is 0.703 bits per heavy atom. The lowest BCUT2D eigenvalue weighted by molar-refractivity contribution is -0.150. The van der Waals surface area contributed by atoms with Crippen LogP contribution in [0.1, 0.15) is 33.3 Å². The van der Waals surface area contributed by atoms with Crippen LogP contribution in [-0.4, -0.2) is 30.4 Å². The zero-order valence-corrected chi connectivity index (χ0v) is 20.2. The Hall–Kier alpha value is -4.65. The number of rotatable bonds is 11.